The normalized spacial score (nSPS) is 14.6. The predicted molar refractivity (Wildman–Crippen MR) is 121 cm³/mol. The second kappa shape index (κ2) is 9.29. The highest BCUT2D eigenvalue weighted by Gasteiger charge is 2.20. The quantitative estimate of drug-likeness (QED) is 0.595. The van der Waals surface area contributed by atoms with E-state index in [0.29, 0.717) is 30.1 Å². The minimum Gasteiger partial charge on any atom is -0.353 e. The molecule has 0 spiro atoms. The molecule has 0 unspecified atom stereocenters. The van der Waals surface area contributed by atoms with Crippen molar-refractivity contribution in [3.63, 3.8) is 0 Å². The van der Waals surface area contributed by atoms with Crippen molar-refractivity contribution in [2.45, 2.75) is 64.5 Å². The van der Waals surface area contributed by atoms with Crippen LogP contribution in [0, 0.1) is 6.92 Å². The fourth-order valence-corrected chi connectivity index (χ4v) is 4.34. The molecule has 0 aliphatic heterocycles. The van der Waals surface area contributed by atoms with E-state index in [4.69, 9.17) is 0 Å². The Hall–Kier alpha value is -3.22. The maximum atomic E-state index is 13.2. The van der Waals surface area contributed by atoms with Crippen LogP contribution in [0.4, 0.5) is 0 Å². The zero-order valence-corrected chi connectivity index (χ0v) is 18.0. The third-order valence-electron chi connectivity index (χ3n) is 6.04. The van der Waals surface area contributed by atoms with E-state index in [2.05, 4.69) is 22.0 Å². The van der Waals surface area contributed by atoms with Gasteiger partial charge < -0.3 is 9.88 Å². The van der Waals surface area contributed by atoms with Crippen LogP contribution in [0.5, 0.6) is 0 Å². The zero-order chi connectivity index (χ0) is 21.8. The molecule has 7 nitrogen and oxygen atoms in total. The SMILES string of the molecule is C=CCn1c(C)c(CCC(=O)NC2CCCCC2)c(=O)n2nc(-c3ccccc3)nc12. The van der Waals surface area contributed by atoms with E-state index in [1.165, 1.54) is 23.8 Å². The van der Waals surface area contributed by atoms with Crippen molar-refractivity contribution in [3.8, 4) is 11.4 Å². The maximum Gasteiger partial charge on any atom is 0.279 e. The van der Waals surface area contributed by atoms with Gasteiger partial charge in [0, 0.05) is 35.8 Å². The van der Waals surface area contributed by atoms with E-state index in [1.54, 1.807) is 6.08 Å². The van der Waals surface area contributed by atoms with Gasteiger partial charge in [-0.2, -0.15) is 9.50 Å². The molecule has 7 heteroatoms. The van der Waals surface area contributed by atoms with Crippen LogP contribution in [-0.2, 0) is 17.8 Å². The summed E-state index contributed by atoms with van der Waals surface area (Å²) in [7, 11) is 0. The topological polar surface area (TPSA) is 81.3 Å². The lowest BCUT2D eigenvalue weighted by Crippen LogP contribution is -2.36. The van der Waals surface area contributed by atoms with Crippen LogP contribution in [0.2, 0.25) is 0 Å². The fourth-order valence-electron chi connectivity index (χ4n) is 4.34. The number of benzene rings is 1. The number of aromatic nitrogens is 4. The number of carbonyl (C=O) groups excluding carboxylic acids is 1. The van der Waals surface area contributed by atoms with Gasteiger partial charge in [-0.1, -0.05) is 55.7 Å². The number of carbonyl (C=O) groups is 1. The Morgan fingerprint density at radius 2 is 1.97 bits per heavy atom. The number of nitrogens with zero attached hydrogens (tertiary/aromatic N) is 4. The van der Waals surface area contributed by atoms with Crippen LogP contribution in [-0.4, -0.2) is 31.1 Å². The van der Waals surface area contributed by atoms with E-state index in [0.717, 1.165) is 24.1 Å². The molecule has 1 aliphatic rings. The highest BCUT2D eigenvalue weighted by atomic mass is 16.1. The largest absolute Gasteiger partial charge is 0.353 e. The van der Waals surface area contributed by atoms with Gasteiger partial charge in [-0.3, -0.25) is 9.59 Å². The van der Waals surface area contributed by atoms with Crippen LogP contribution < -0.4 is 10.9 Å². The molecule has 1 amide bonds. The molecule has 1 saturated carbocycles. The first-order valence-electron chi connectivity index (χ1n) is 11.0. The number of amides is 1. The van der Waals surface area contributed by atoms with E-state index >= 15 is 0 Å². The molecule has 0 bridgehead atoms. The van der Waals surface area contributed by atoms with Crippen molar-refractivity contribution >= 4 is 11.7 Å². The number of hydrogen-bond acceptors (Lipinski definition) is 4. The molecular formula is C24H29N5O2. The van der Waals surface area contributed by atoms with Crippen LogP contribution >= 0.6 is 0 Å². The fraction of sp³-hybridized carbons (Fsp3) is 0.417. The van der Waals surface area contributed by atoms with Gasteiger partial charge in [-0.25, -0.2) is 0 Å². The van der Waals surface area contributed by atoms with E-state index in [1.807, 2.05) is 41.8 Å². The third-order valence-corrected chi connectivity index (χ3v) is 6.04. The summed E-state index contributed by atoms with van der Waals surface area (Å²) in [5.41, 5.74) is 2.03. The smallest absolute Gasteiger partial charge is 0.279 e. The zero-order valence-electron chi connectivity index (χ0n) is 18.0. The second-order valence-electron chi connectivity index (χ2n) is 8.18. The van der Waals surface area contributed by atoms with Crippen molar-refractivity contribution in [1.82, 2.24) is 24.5 Å². The molecule has 3 aromatic rings. The summed E-state index contributed by atoms with van der Waals surface area (Å²) in [5, 5.41) is 7.62. The summed E-state index contributed by atoms with van der Waals surface area (Å²) in [4.78, 5) is 30.4. The first-order valence-corrected chi connectivity index (χ1v) is 11.0. The molecule has 162 valence electrons. The molecule has 31 heavy (non-hydrogen) atoms. The maximum absolute atomic E-state index is 13.2. The molecule has 1 fully saturated rings. The summed E-state index contributed by atoms with van der Waals surface area (Å²) in [6.07, 6.45) is 8.11. The summed E-state index contributed by atoms with van der Waals surface area (Å²) >= 11 is 0. The molecule has 1 aromatic carbocycles. The lowest BCUT2D eigenvalue weighted by atomic mass is 9.95. The molecule has 0 saturated heterocycles. The average molecular weight is 420 g/mol. The molecule has 2 heterocycles. The molecule has 0 atom stereocenters. The van der Waals surface area contributed by atoms with Gasteiger partial charge in [0.25, 0.3) is 5.56 Å². The van der Waals surface area contributed by atoms with E-state index < -0.39 is 0 Å². The van der Waals surface area contributed by atoms with Gasteiger partial charge in [0.15, 0.2) is 5.82 Å². The number of hydrogen-bond donors (Lipinski definition) is 1. The Morgan fingerprint density at radius 1 is 1.23 bits per heavy atom. The monoisotopic (exact) mass is 419 g/mol. The Morgan fingerprint density at radius 3 is 2.68 bits per heavy atom. The Kier molecular flexibility index (Phi) is 6.30. The molecule has 0 radical (unpaired) electrons. The summed E-state index contributed by atoms with van der Waals surface area (Å²) in [6, 6.07) is 9.86. The predicted octanol–water partition coefficient (Wildman–Crippen LogP) is 3.43. The third kappa shape index (κ3) is 4.45. The van der Waals surface area contributed by atoms with Crippen LogP contribution in [0.25, 0.3) is 17.2 Å². The highest BCUT2D eigenvalue weighted by Crippen LogP contribution is 2.19. The molecular weight excluding hydrogens is 390 g/mol. The summed E-state index contributed by atoms with van der Waals surface area (Å²) < 4.78 is 3.29. The Labute approximate surface area is 181 Å². The average Bonchev–Trinajstić information content (AvgIpc) is 3.23. The first-order chi connectivity index (χ1) is 15.1. The van der Waals surface area contributed by atoms with Crippen LogP contribution in [0.1, 0.15) is 49.8 Å². The Bertz CT molecular complexity index is 1140. The van der Waals surface area contributed by atoms with Gasteiger partial charge in [-0.05, 0) is 26.2 Å². The second-order valence-corrected chi connectivity index (χ2v) is 8.18. The first kappa shape index (κ1) is 21.0. The minimum absolute atomic E-state index is 0.00429. The Balaban J connectivity index is 1.64. The standard InChI is InChI=1S/C24H29N5O2/c1-3-16-28-17(2)20(14-15-21(30)25-19-12-8-5-9-13-19)23(31)29-24(28)26-22(27-29)18-10-6-4-7-11-18/h3-4,6-7,10-11,19H,1,5,8-9,12-16H2,2H3,(H,25,30). The summed E-state index contributed by atoms with van der Waals surface area (Å²) in [6.45, 7) is 6.24. The summed E-state index contributed by atoms with van der Waals surface area (Å²) in [5.74, 6) is 0.989. The van der Waals surface area contributed by atoms with Gasteiger partial charge in [-0.15, -0.1) is 11.7 Å². The highest BCUT2D eigenvalue weighted by molar-refractivity contribution is 5.76. The van der Waals surface area contributed by atoms with Crippen molar-refractivity contribution in [1.29, 1.82) is 0 Å². The lowest BCUT2D eigenvalue weighted by Gasteiger charge is -2.22. The van der Waals surface area contributed by atoms with Crippen molar-refractivity contribution in [3.05, 3.63) is 64.6 Å². The molecule has 1 aliphatic carbocycles. The molecule has 1 N–H and O–H groups in total. The van der Waals surface area contributed by atoms with Crippen molar-refractivity contribution in [2.24, 2.45) is 0 Å². The van der Waals surface area contributed by atoms with Gasteiger partial charge >= 0.3 is 0 Å². The number of rotatable bonds is 7. The van der Waals surface area contributed by atoms with Crippen LogP contribution in [0.3, 0.4) is 0 Å². The number of allylic oxidation sites excluding steroid dienone is 1. The van der Waals surface area contributed by atoms with Gasteiger partial charge in [0.1, 0.15) is 0 Å². The van der Waals surface area contributed by atoms with Gasteiger partial charge in [0.2, 0.25) is 11.7 Å². The minimum atomic E-state index is -0.215. The van der Waals surface area contributed by atoms with Crippen LogP contribution in [0.15, 0.2) is 47.8 Å². The van der Waals surface area contributed by atoms with Crippen molar-refractivity contribution in [2.75, 3.05) is 0 Å². The van der Waals surface area contributed by atoms with E-state index in [-0.39, 0.29) is 23.9 Å². The van der Waals surface area contributed by atoms with Crippen molar-refractivity contribution < 1.29 is 4.79 Å². The van der Waals surface area contributed by atoms with E-state index in [9.17, 15) is 9.59 Å². The molecule has 2 aromatic heterocycles. The molecule has 4 rings (SSSR count). The lowest BCUT2D eigenvalue weighted by molar-refractivity contribution is -0.121. The number of fused-ring (bicyclic) bond motifs is 1. The van der Waals surface area contributed by atoms with Gasteiger partial charge in [0.05, 0.1) is 0 Å². The number of nitrogens with one attached hydrogen (secondary N) is 1.